The largest absolute Gasteiger partial charge is 0.497 e. The van der Waals surface area contributed by atoms with E-state index >= 15 is 0 Å². The topological polar surface area (TPSA) is 80.8 Å². The molecular formula is C25H23N3O4. The molecule has 0 bridgehead atoms. The van der Waals surface area contributed by atoms with E-state index in [2.05, 4.69) is 22.1 Å². The molecule has 1 aliphatic rings. The van der Waals surface area contributed by atoms with E-state index in [1.54, 1.807) is 30.3 Å². The molecule has 1 fully saturated rings. The van der Waals surface area contributed by atoms with Crippen molar-refractivity contribution in [2.24, 2.45) is 5.92 Å². The SMILES string of the molecule is COc1ccc(N2CC(C(=O)NCC#CCOc3cccc4cccnc34)CC2=O)cc1. The highest BCUT2D eigenvalue weighted by atomic mass is 16.5. The van der Waals surface area contributed by atoms with Gasteiger partial charge in [0.1, 0.15) is 23.6 Å². The lowest BCUT2D eigenvalue weighted by molar-refractivity contribution is -0.126. The van der Waals surface area contributed by atoms with Gasteiger partial charge in [-0.25, -0.2) is 0 Å². The molecule has 1 unspecified atom stereocenters. The van der Waals surface area contributed by atoms with Gasteiger partial charge in [-0.1, -0.05) is 30.0 Å². The number of rotatable bonds is 6. The van der Waals surface area contributed by atoms with Crippen LogP contribution in [0.4, 0.5) is 5.69 Å². The molecule has 2 heterocycles. The number of benzene rings is 2. The van der Waals surface area contributed by atoms with Crippen LogP contribution in [0.15, 0.2) is 60.8 Å². The molecule has 0 saturated carbocycles. The Bertz CT molecular complexity index is 1180. The van der Waals surface area contributed by atoms with Crippen molar-refractivity contribution < 1.29 is 19.1 Å². The van der Waals surface area contributed by atoms with E-state index in [0.717, 1.165) is 16.6 Å². The first-order chi connectivity index (χ1) is 15.7. The summed E-state index contributed by atoms with van der Waals surface area (Å²) in [5, 5.41) is 3.78. The number of anilines is 1. The average molecular weight is 429 g/mol. The summed E-state index contributed by atoms with van der Waals surface area (Å²) in [7, 11) is 1.59. The Morgan fingerprint density at radius 1 is 1.16 bits per heavy atom. The smallest absolute Gasteiger partial charge is 0.227 e. The van der Waals surface area contributed by atoms with Gasteiger partial charge in [-0.2, -0.15) is 0 Å². The molecule has 1 aromatic heterocycles. The van der Waals surface area contributed by atoms with E-state index in [-0.39, 0.29) is 31.4 Å². The predicted octanol–water partition coefficient (Wildman–Crippen LogP) is 2.79. The van der Waals surface area contributed by atoms with E-state index < -0.39 is 5.92 Å². The number of pyridine rings is 1. The van der Waals surface area contributed by atoms with Crippen molar-refractivity contribution in [3.8, 4) is 23.3 Å². The van der Waals surface area contributed by atoms with Crippen LogP contribution in [-0.4, -0.2) is 43.6 Å². The molecule has 7 nitrogen and oxygen atoms in total. The van der Waals surface area contributed by atoms with Gasteiger partial charge in [-0.15, -0.1) is 0 Å². The standard InChI is InChI=1S/C25H23N3O4/c1-31-21-11-9-20(10-12-21)28-17-19(16-23(28)29)25(30)27-13-2-3-15-32-22-8-4-6-18-7-5-14-26-24(18)22/h4-12,14,19H,13,15-17H2,1H3,(H,27,30). The van der Waals surface area contributed by atoms with Gasteiger partial charge in [0.05, 0.1) is 19.6 Å². The molecule has 32 heavy (non-hydrogen) atoms. The molecular weight excluding hydrogens is 406 g/mol. The number of hydrogen-bond donors (Lipinski definition) is 1. The second-order valence-electron chi connectivity index (χ2n) is 7.29. The Labute approximate surface area is 186 Å². The van der Waals surface area contributed by atoms with Crippen LogP contribution in [0.3, 0.4) is 0 Å². The molecule has 1 saturated heterocycles. The Balaban J connectivity index is 1.25. The zero-order valence-corrected chi connectivity index (χ0v) is 17.7. The monoisotopic (exact) mass is 429 g/mol. The molecule has 0 radical (unpaired) electrons. The van der Waals surface area contributed by atoms with E-state index in [1.165, 1.54) is 0 Å². The van der Waals surface area contributed by atoms with Crippen molar-refractivity contribution in [3.63, 3.8) is 0 Å². The van der Waals surface area contributed by atoms with Gasteiger partial charge >= 0.3 is 0 Å². The second kappa shape index (κ2) is 9.84. The van der Waals surface area contributed by atoms with Crippen molar-refractivity contribution in [2.45, 2.75) is 6.42 Å². The number of ether oxygens (including phenoxy) is 2. The first-order valence-corrected chi connectivity index (χ1v) is 10.3. The summed E-state index contributed by atoms with van der Waals surface area (Å²) in [5.41, 5.74) is 1.54. The molecule has 3 aromatic rings. The fourth-order valence-electron chi connectivity index (χ4n) is 3.59. The Kier molecular flexibility index (Phi) is 6.52. The zero-order chi connectivity index (χ0) is 22.3. The molecule has 0 spiro atoms. The van der Waals surface area contributed by atoms with Crippen LogP contribution in [0, 0.1) is 17.8 Å². The number of carbonyl (C=O) groups excluding carboxylic acids is 2. The van der Waals surface area contributed by atoms with Gasteiger partial charge in [0, 0.05) is 30.2 Å². The number of fused-ring (bicyclic) bond motifs is 1. The average Bonchev–Trinajstić information content (AvgIpc) is 3.23. The maximum absolute atomic E-state index is 12.5. The molecule has 2 amide bonds. The number of aromatic nitrogens is 1. The molecule has 7 heteroatoms. The summed E-state index contributed by atoms with van der Waals surface area (Å²) < 4.78 is 10.9. The quantitative estimate of drug-likeness (QED) is 0.610. The number of hydrogen-bond acceptors (Lipinski definition) is 5. The van der Waals surface area contributed by atoms with E-state index in [4.69, 9.17) is 9.47 Å². The fraction of sp³-hybridized carbons (Fsp3) is 0.240. The van der Waals surface area contributed by atoms with Crippen molar-refractivity contribution in [2.75, 3.05) is 31.7 Å². The summed E-state index contributed by atoms with van der Waals surface area (Å²) in [6.07, 6.45) is 1.91. The molecule has 162 valence electrons. The third kappa shape index (κ3) is 4.81. The van der Waals surface area contributed by atoms with Crippen LogP contribution in [0.1, 0.15) is 6.42 Å². The van der Waals surface area contributed by atoms with E-state index in [9.17, 15) is 9.59 Å². The summed E-state index contributed by atoms with van der Waals surface area (Å²) >= 11 is 0. The van der Waals surface area contributed by atoms with Gasteiger partial charge in [0.15, 0.2) is 0 Å². The fourth-order valence-corrected chi connectivity index (χ4v) is 3.59. The number of nitrogens with zero attached hydrogens (tertiary/aromatic N) is 2. The van der Waals surface area contributed by atoms with Gasteiger partial charge in [-0.05, 0) is 36.4 Å². The van der Waals surface area contributed by atoms with Crippen LogP contribution in [0.5, 0.6) is 11.5 Å². The molecule has 1 N–H and O–H groups in total. The third-order valence-corrected chi connectivity index (χ3v) is 5.25. The van der Waals surface area contributed by atoms with E-state index in [1.807, 2.05) is 42.5 Å². The Morgan fingerprint density at radius 3 is 2.78 bits per heavy atom. The normalized spacial score (nSPS) is 15.2. The Morgan fingerprint density at radius 2 is 1.97 bits per heavy atom. The molecule has 0 aliphatic carbocycles. The minimum atomic E-state index is -0.399. The van der Waals surface area contributed by atoms with Gasteiger partial charge in [0.2, 0.25) is 11.8 Å². The lowest BCUT2D eigenvalue weighted by Gasteiger charge is -2.16. The zero-order valence-electron chi connectivity index (χ0n) is 17.7. The van der Waals surface area contributed by atoms with Crippen molar-refractivity contribution in [1.29, 1.82) is 0 Å². The molecule has 1 aliphatic heterocycles. The highest BCUT2D eigenvalue weighted by Crippen LogP contribution is 2.27. The summed E-state index contributed by atoms with van der Waals surface area (Å²) in [6.45, 7) is 0.740. The molecule has 4 rings (SSSR count). The van der Waals surface area contributed by atoms with Crippen LogP contribution in [0.25, 0.3) is 10.9 Å². The number of carbonyl (C=O) groups is 2. The lowest BCUT2D eigenvalue weighted by Crippen LogP contribution is -2.33. The summed E-state index contributed by atoms with van der Waals surface area (Å²) in [4.78, 5) is 30.8. The van der Waals surface area contributed by atoms with Crippen LogP contribution >= 0.6 is 0 Å². The lowest BCUT2D eigenvalue weighted by atomic mass is 10.1. The second-order valence-corrected chi connectivity index (χ2v) is 7.29. The third-order valence-electron chi connectivity index (χ3n) is 5.25. The summed E-state index contributed by atoms with van der Waals surface area (Å²) in [6, 6.07) is 16.8. The Hall–Kier alpha value is -4.05. The van der Waals surface area contributed by atoms with Gasteiger partial charge in [-0.3, -0.25) is 14.6 Å². The van der Waals surface area contributed by atoms with Crippen molar-refractivity contribution >= 4 is 28.4 Å². The first-order valence-electron chi connectivity index (χ1n) is 10.3. The minimum absolute atomic E-state index is 0.0708. The van der Waals surface area contributed by atoms with Crippen LogP contribution < -0.4 is 19.7 Å². The van der Waals surface area contributed by atoms with Crippen molar-refractivity contribution in [3.05, 3.63) is 60.8 Å². The van der Waals surface area contributed by atoms with Gasteiger partial charge < -0.3 is 19.7 Å². The maximum atomic E-state index is 12.5. The number of para-hydroxylation sites is 1. The van der Waals surface area contributed by atoms with Crippen LogP contribution in [0.2, 0.25) is 0 Å². The number of nitrogens with one attached hydrogen (secondary N) is 1. The minimum Gasteiger partial charge on any atom is -0.497 e. The molecule has 2 aromatic carbocycles. The maximum Gasteiger partial charge on any atom is 0.227 e. The van der Waals surface area contributed by atoms with E-state index in [0.29, 0.717) is 18.0 Å². The highest BCUT2D eigenvalue weighted by molar-refractivity contribution is 6.00. The number of methoxy groups -OCH3 is 1. The predicted molar refractivity (Wildman–Crippen MR) is 121 cm³/mol. The van der Waals surface area contributed by atoms with Crippen molar-refractivity contribution in [1.82, 2.24) is 10.3 Å². The number of amides is 2. The highest BCUT2D eigenvalue weighted by Gasteiger charge is 2.34. The van der Waals surface area contributed by atoms with Crippen LogP contribution in [-0.2, 0) is 9.59 Å². The molecule has 1 atom stereocenters. The first kappa shape index (κ1) is 21.2. The summed E-state index contributed by atoms with van der Waals surface area (Å²) in [5.74, 6) is 6.52. The van der Waals surface area contributed by atoms with Gasteiger partial charge in [0.25, 0.3) is 0 Å².